The van der Waals surface area contributed by atoms with Gasteiger partial charge in [-0.15, -0.1) is 0 Å². The predicted octanol–water partition coefficient (Wildman–Crippen LogP) is 8.34. The van der Waals surface area contributed by atoms with Gasteiger partial charge in [0.1, 0.15) is 17.3 Å². The van der Waals surface area contributed by atoms with E-state index in [9.17, 15) is 14.3 Å². The maximum absolute atomic E-state index is 13.8. The zero-order valence-electron chi connectivity index (χ0n) is 25.6. The third-order valence-corrected chi connectivity index (χ3v) is 9.19. The molecule has 0 bridgehead atoms. The van der Waals surface area contributed by atoms with Gasteiger partial charge in [0.25, 0.3) is 0 Å². The minimum atomic E-state index is -1.00. The second kappa shape index (κ2) is 12.3. The summed E-state index contributed by atoms with van der Waals surface area (Å²) in [6, 6.07) is 21.9. The van der Waals surface area contributed by atoms with Gasteiger partial charge in [0.05, 0.1) is 36.1 Å². The summed E-state index contributed by atoms with van der Waals surface area (Å²) in [6.45, 7) is 3.44. The van der Waals surface area contributed by atoms with E-state index in [1.54, 1.807) is 6.07 Å². The molecule has 7 rings (SSSR count). The Hall–Kier alpha value is -4.66. The van der Waals surface area contributed by atoms with Crippen molar-refractivity contribution in [1.29, 1.82) is 0 Å². The molecule has 0 atom stereocenters. The monoisotopic (exact) mass is 637 g/mol. The topological polar surface area (TPSA) is 78.5 Å². The first kappa shape index (κ1) is 30.0. The molecule has 0 spiro atoms. The minimum absolute atomic E-state index is 0.234. The number of aryl methyl sites for hydroxylation is 2. The van der Waals surface area contributed by atoms with Crippen molar-refractivity contribution in [3.8, 4) is 16.9 Å². The molecule has 46 heavy (non-hydrogen) atoms. The fourth-order valence-corrected chi connectivity index (χ4v) is 7.11. The van der Waals surface area contributed by atoms with Crippen LogP contribution in [0.5, 0.6) is 5.75 Å². The van der Waals surface area contributed by atoms with Crippen LogP contribution < -0.4 is 4.74 Å². The summed E-state index contributed by atoms with van der Waals surface area (Å²) < 4.78 is 29.9. The number of fused-ring (bicyclic) bond motifs is 4. The number of aromatic nitrogens is 3. The summed E-state index contributed by atoms with van der Waals surface area (Å²) in [5.74, 6) is -0.639. The van der Waals surface area contributed by atoms with E-state index in [-0.39, 0.29) is 11.5 Å². The van der Waals surface area contributed by atoms with Crippen LogP contribution in [0.3, 0.4) is 0 Å². The van der Waals surface area contributed by atoms with Crippen molar-refractivity contribution in [2.24, 2.45) is 7.05 Å². The number of halogens is 2. The van der Waals surface area contributed by atoms with Crippen LogP contribution in [0.4, 0.5) is 4.39 Å². The summed E-state index contributed by atoms with van der Waals surface area (Å²) in [6.07, 6.45) is 1.75. The highest BCUT2D eigenvalue weighted by Crippen LogP contribution is 2.43. The van der Waals surface area contributed by atoms with Gasteiger partial charge in [-0.3, -0.25) is 4.68 Å². The average molecular weight is 638 g/mol. The van der Waals surface area contributed by atoms with Crippen LogP contribution in [0.1, 0.15) is 51.9 Å². The molecule has 3 heterocycles. The van der Waals surface area contributed by atoms with E-state index in [1.807, 2.05) is 70.9 Å². The van der Waals surface area contributed by atoms with E-state index in [2.05, 4.69) is 6.92 Å². The van der Waals surface area contributed by atoms with Gasteiger partial charge in [0.15, 0.2) is 0 Å². The SMILES string of the molecule is CCc1c2c(nn1C)COCc1ccccc1Cn1c(C(=O)O)c(CCCOc3cccc4cc(F)ccc34)c3ccc(Cl)c-2c31. The third kappa shape index (κ3) is 5.21. The van der Waals surface area contributed by atoms with Crippen LogP contribution in [0.15, 0.2) is 72.8 Å². The van der Waals surface area contributed by atoms with E-state index in [0.29, 0.717) is 56.4 Å². The molecule has 1 aliphatic heterocycles. The number of hydrogen-bond donors (Lipinski definition) is 1. The van der Waals surface area contributed by atoms with Crippen molar-refractivity contribution >= 4 is 39.2 Å². The molecule has 7 nitrogen and oxygen atoms in total. The van der Waals surface area contributed by atoms with Crippen LogP contribution in [0, 0.1) is 5.82 Å². The predicted molar refractivity (Wildman–Crippen MR) is 177 cm³/mol. The summed E-state index contributed by atoms with van der Waals surface area (Å²) in [7, 11) is 1.92. The molecule has 234 valence electrons. The van der Waals surface area contributed by atoms with Gasteiger partial charge >= 0.3 is 5.97 Å². The zero-order valence-corrected chi connectivity index (χ0v) is 26.4. The number of benzene rings is 4. The molecule has 4 aromatic carbocycles. The Bertz CT molecular complexity index is 2130. The van der Waals surface area contributed by atoms with Crippen LogP contribution in [-0.4, -0.2) is 32.0 Å². The van der Waals surface area contributed by atoms with E-state index < -0.39 is 5.97 Å². The molecule has 2 aromatic heterocycles. The second-order valence-corrected chi connectivity index (χ2v) is 12.0. The van der Waals surface area contributed by atoms with Crippen molar-refractivity contribution < 1.29 is 23.8 Å². The first-order valence-electron chi connectivity index (χ1n) is 15.4. The number of carboxylic acid groups (broad SMARTS) is 1. The fourth-order valence-electron chi connectivity index (χ4n) is 6.86. The lowest BCUT2D eigenvalue weighted by Gasteiger charge is -2.15. The Morgan fingerprint density at radius 1 is 1.02 bits per heavy atom. The quantitative estimate of drug-likeness (QED) is 0.178. The number of aromatic carboxylic acids is 1. The molecular formula is C37H33ClFN3O4. The lowest BCUT2D eigenvalue weighted by atomic mass is 9.97. The van der Waals surface area contributed by atoms with Gasteiger partial charge in [-0.2, -0.15) is 5.10 Å². The molecule has 0 saturated carbocycles. The van der Waals surface area contributed by atoms with E-state index in [0.717, 1.165) is 60.9 Å². The summed E-state index contributed by atoms with van der Waals surface area (Å²) in [5.41, 5.74) is 7.14. The molecule has 6 aromatic rings. The smallest absolute Gasteiger partial charge is 0.352 e. The number of nitrogens with zero attached hydrogens (tertiary/aromatic N) is 3. The summed E-state index contributed by atoms with van der Waals surface area (Å²) >= 11 is 7.05. The summed E-state index contributed by atoms with van der Waals surface area (Å²) in [5, 5.41) is 18.6. The Labute approximate surface area is 270 Å². The third-order valence-electron chi connectivity index (χ3n) is 8.88. The maximum Gasteiger partial charge on any atom is 0.352 e. The van der Waals surface area contributed by atoms with E-state index in [4.69, 9.17) is 26.2 Å². The zero-order chi connectivity index (χ0) is 31.9. The molecule has 0 fully saturated rings. The van der Waals surface area contributed by atoms with Crippen LogP contribution >= 0.6 is 11.6 Å². The normalized spacial score (nSPS) is 13.0. The Morgan fingerprint density at radius 2 is 1.83 bits per heavy atom. The lowest BCUT2D eigenvalue weighted by Crippen LogP contribution is -2.13. The number of hydrogen-bond acceptors (Lipinski definition) is 4. The highest BCUT2D eigenvalue weighted by molar-refractivity contribution is 6.35. The molecule has 0 amide bonds. The Morgan fingerprint density at radius 3 is 2.63 bits per heavy atom. The highest BCUT2D eigenvalue weighted by Gasteiger charge is 2.29. The molecule has 1 aliphatic rings. The van der Waals surface area contributed by atoms with Gasteiger partial charge in [-0.25, -0.2) is 9.18 Å². The van der Waals surface area contributed by atoms with Gasteiger partial charge in [0.2, 0.25) is 0 Å². The van der Waals surface area contributed by atoms with Crippen molar-refractivity contribution in [2.45, 2.75) is 45.9 Å². The largest absolute Gasteiger partial charge is 0.493 e. The van der Waals surface area contributed by atoms with E-state index >= 15 is 0 Å². The fraction of sp³-hybridized carbons (Fsp3) is 0.243. The van der Waals surface area contributed by atoms with Gasteiger partial charge in [0, 0.05) is 41.2 Å². The Kier molecular flexibility index (Phi) is 8.01. The molecule has 0 radical (unpaired) electrons. The van der Waals surface area contributed by atoms with Gasteiger partial charge < -0.3 is 19.1 Å². The molecule has 0 aliphatic carbocycles. The molecule has 0 unspecified atom stereocenters. The maximum atomic E-state index is 13.8. The Balaban J connectivity index is 1.36. The number of rotatable bonds is 7. The molecule has 1 N–H and O–H groups in total. The average Bonchev–Trinajstić information content (AvgIpc) is 3.52. The summed E-state index contributed by atoms with van der Waals surface area (Å²) in [4.78, 5) is 13.2. The van der Waals surface area contributed by atoms with Crippen LogP contribution in [0.25, 0.3) is 32.8 Å². The van der Waals surface area contributed by atoms with Gasteiger partial charge in [-0.1, -0.05) is 61.0 Å². The molecule has 9 heteroatoms. The van der Waals surface area contributed by atoms with Crippen molar-refractivity contribution in [3.63, 3.8) is 0 Å². The first-order valence-corrected chi connectivity index (χ1v) is 15.8. The van der Waals surface area contributed by atoms with E-state index in [1.165, 1.54) is 12.1 Å². The van der Waals surface area contributed by atoms with Crippen molar-refractivity contribution in [2.75, 3.05) is 6.61 Å². The van der Waals surface area contributed by atoms with Crippen molar-refractivity contribution in [3.05, 3.63) is 117 Å². The first-order chi connectivity index (χ1) is 22.4. The van der Waals surface area contributed by atoms with Crippen LogP contribution in [0.2, 0.25) is 5.02 Å². The minimum Gasteiger partial charge on any atom is -0.493 e. The van der Waals surface area contributed by atoms with Crippen LogP contribution in [-0.2, 0) is 44.4 Å². The number of ether oxygens (including phenoxy) is 2. The standard InChI is InChI=1S/C37H33ClFN3O4/c1-3-31-34-30(40-41(31)2)21-45-20-24-9-5-4-8-23(24)19-42-35-28(15-16-29(38)33(34)35)27(36(42)37(43)44)11-7-17-46-32-12-6-10-22-18-25(39)13-14-26(22)32/h4-6,8-10,12-16,18H,3,7,11,17,19-21H2,1-2H3,(H,43,44). The molecular weight excluding hydrogens is 605 g/mol. The number of carboxylic acids is 1. The van der Waals surface area contributed by atoms with Crippen molar-refractivity contribution in [1.82, 2.24) is 14.3 Å². The molecule has 0 saturated heterocycles. The van der Waals surface area contributed by atoms with Gasteiger partial charge in [-0.05, 0) is 71.7 Å². The number of carbonyl (C=O) groups is 1. The highest BCUT2D eigenvalue weighted by atomic mass is 35.5. The lowest BCUT2D eigenvalue weighted by molar-refractivity contribution is 0.0684. The second-order valence-electron chi connectivity index (χ2n) is 11.6.